The number of pyridine rings is 1. The fourth-order valence-electron chi connectivity index (χ4n) is 1.96. The van der Waals surface area contributed by atoms with Gasteiger partial charge in [0.1, 0.15) is 23.6 Å². The molecule has 0 atom stereocenters. The SMILES string of the molecule is Nc1cc(-c2ccncn2)c(C2=CCCO2)nc1N. The van der Waals surface area contributed by atoms with Crippen LogP contribution in [0.3, 0.4) is 0 Å². The highest BCUT2D eigenvalue weighted by Crippen LogP contribution is 2.32. The monoisotopic (exact) mass is 255 g/mol. The third kappa shape index (κ3) is 2.08. The third-order valence-electron chi connectivity index (χ3n) is 2.88. The molecule has 0 aliphatic carbocycles. The molecule has 0 saturated heterocycles. The largest absolute Gasteiger partial charge is 0.491 e. The van der Waals surface area contributed by atoms with Crippen molar-refractivity contribution in [2.24, 2.45) is 0 Å². The maximum absolute atomic E-state index is 5.83. The lowest BCUT2D eigenvalue weighted by atomic mass is 10.1. The average molecular weight is 255 g/mol. The van der Waals surface area contributed by atoms with Crippen LogP contribution in [0.15, 0.2) is 30.7 Å². The van der Waals surface area contributed by atoms with Crippen LogP contribution in [0.4, 0.5) is 11.5 Å². The van der Waals surface area contributed by atoms with Crippen LogP contribution in [-0.2, 0) is 4.74 Å². The number of nitrogens with two attached hydrogens (primary N) is 2. The van der Waals surface area contributed by atoms with Gasteiger partial charge in [-0.05, 0) is 18.2 Å². The van der Waals surface area contributed by atoms with Crippen LogP contribution >= 0.6 is 0 Å². The fourth-order valence-corrected chi connectivity index (χ4v) is 1.96. The lowest BCUT2D eigenvalue weighted by molar-refractivity contribution is 0.306. The zero-order chi connectivity index (χ0) is 13.2. The lowest BCUT2D eigenvalue weighted by Gasteiger charge is -2.11. The summed E-state index contributed by atoms with van der Waals surface area (Å²) in [7, 11) is 0. The summed E-state index contributed by atoms with van der Waals surface area (Å²) < 4.78 is 5.55. The Hall–Kier alpha value is -2.63. The molecule has 2 aromatic rings. The Labute approximate surface area is 110 Å². The molecule has 6 heteroatoms. The second kappa shape index (κ2) is 4.56. The molecule has 4 N–H and O–H groups in total. The molecule has 0 spiro atoms. The van der Waals surface area contributed by atoms with E-state index >= 15 is 0 Å². The summed E-state index contributed by atoms with van der Waals surface area (Å²) in [4.78, 5) is 12.5. The highest BCUT2D eigenvalue weighted by Gasteiger charge is 2.18. The first kappa shape index (κ1) is 11.5. The van der Waals surface area contributed by atoms with Gasteiger partial charge in [-0.15, -0.1) is 0 Å². The Morgan fingerprint density at radius 3 is 2.84 bits per heavy atom. The molecule has 0 aromatic carbocycles. The smallest absolute Gasteiger partial charge is 0.147 e. The van der Waals surface area contributed by atoms with E-state index in [2.05, 4.69) is 15.0 Å². The van der Waals surface area contributed by atoms with Gasteiger partial charge in [-0.1, -0.05) is 0 Å². The second-order valence-corrected chi connectivity index (χ2v) is 4.16. The molecule has 0 saturated carbocycles. The van der Waals surface area contributed by atoms with Gasteiger partial charge in [-0.2, -0.15) is 0 Å². The minimum absolute atomic E-state index is 0.296. The van der Waals surface area contributed by atoms with E-state index in [1.165, 1.54) is 6.33 Å². The van der Waals surface area contributed by atoms with Crippen LogP contribution < -0.4 is 11.5 Å². The molecule has 6 nitrogen and oxygen atoms in total. The van der Waals surface area contributed by atoms with Crippen molar-refractivity contribution in [3.05, 3.63) is 36.4 Å². The molecule has 19 heavy (non-hydrogen) atoms. The predicted molar refractivity (Wildman–Crippen MR) is 72.6 cm³/mol. The van der Waals surface area contributed by atoms with Crippen LogP contribution in [0.2, 0.25) is 0 Å². The van der Waals surface area contributed by atoms with Crippen LogP contribution in [0.1, 0.15) is 12.1 Å². The zero-order valence-electron chi connectivity index (χ0n) is 10.2. The van der Waals surface area contributed by atoms with E-state index in [0.29, 0.717) is 23.8 Å². The second-order valence-electron chi connectivity index (χ2n) is 4.16. The normalized spacial score (nSPS) is 14.0. The zero-order valence-corrected chi connectivity index (χ0v) is 10.2. The van der Waals surface area contributed by atoms with Gasteiger partial charge in [-0.25, -0.2) is 15.0 Å². The van der Waals surface area contributed by atoms with Crippen molar-refractivity contribution in [1.29, 1.82) is 0 Å². The molecular weight excluding hydrogens is 242 g/mol. The first-order valence-corrected chi connectivity index (χ1v) is 5.91. The number of anilines is 2. The summed E-state index contributed by atoms with van der Waals surface area (Å²) in [5, 5.41) is 0. The lowest BCUT2D eigenvalue weighted by Crippen LogP contribution is -2.04. The minimum Gasteiger partial charge on any atom is -0.491 e. The Kier molecular flexibility index (Phi) is 2.75. The highest BCUT2D eigenvalue weighted by molar-refractivity contribution is 5.80. The average Bonchev–Trinajstić information content (AvgIpc) is 2.96. The third-order valence-corrected chi connectivity index (χ3v) is 2.88. The summed E-state index contributed by atoms with van der Waals surface area (Å²) in [6.45, 7) is 0.657. The number of hydrogen-bond donors (Lipinski definition) is 2. The maximum Gasteiger partial charge on any atom is 0.147 e. The van der Waals surface area contributed by atoms with Crippen LogP contribution in [-0.4, -0.2) is 21.6 Å². The summed E-state index contributed by atoms with van der Waals surface area (Å²) in [6, 6.07) is 3.56. The molecule has 3 heterocycles. The van der Waals surface area contributed by atoms with Crippen LogP contribution in [0, 0.1) is 0 Å². The molecule has 0 radical (unpaired) electrons. The van der Waals surface area contributed by atoms with Crippen molar-refractivity contribution in [2.45, 2.75) is 6.42 Å². The Bertz CT molecular complexity index is 639. The molecule has 1 aliphatic heterocycles. The molecule has 0 bridgehead atoms. The Balaban J connectivity index is 2.19. The van der Waals surface area contributed by atoms with Crippen molar-refractivity contribution in [3.8, 4) is 11.3 Å². The Morgan fingerprint density at radius 1 is 1.26 bits per heavy atom. The fraction of sp³-hybridized carbons (Fsp3) is 0.154. The van der Waals surface area contributed by atoms with Gasteiger partial charge in [0.25, 0.3) is 0 Å². The van der Waals surface area contributed by atoms with Gasteiger partial charge in [0.15, 0.2) is 0 Å². The van der Waals surface area contributed by atoms with Gasteiger partial charge in [-0.3, -0.25) is 0 Å². The number of rotatable bonds is 2. The number of hydrogen-bond acceptors (Lipinski definition) is 6. The number of aromatic nitrogens is 3. The molecule has 0 unspecified atom stereocenters. The predicted octanol–water partition coefficient (Wildman–Crippen LogP) is 1.46. The number of ether oxygens (including phenoxy) is 1. The minimum atomic E-state index is 0.296. The molecule has 0 fully saturated rings. The van der Waals surface area contributed by atoms with Gasteiger partial charge in [0.2, 0.25) is 0 Å². The highest BCUT2D eigenvalue weighted by atomic mass is 16.5. The van der Waals surface area contributed by atoms with Crippen LogP contribution in [0.5, 0.6) is 0 Å². The van der Waals surface area contributed by atoms with Gasteiger partial charge in [0, 0.05) is 18.2 Å². The van der Waals surface area contributed by atoms with Crippen molar-refractivity contribution in [2.75, 3.05) is 18.1 Å². The molecule has 2 aromatic heterocycles. The van der Waals surface area contributed by atoms with Crippen molar-refractivity contribution in [3.63, 3.8) is 0 Å². The van der Waals surface area contributed by atoms with Crippen LogP contribution in [0.25, 0.3) is 17.0 Å². The number of nitrogen functional groups attached to an aromatic ring is 2. The molecule has 1 aliphatic rings. The quantitative estimate of drug-likeness (QED) is 0.842. The summed E-state index contributed by atoms with van der Waals surface area (Å²) >= 11 is 0. The summed E-state index contributed by atoms with van der Waals surface area (Å²) in [5.74, 6) is 1.02. The standard InChI is InChI=1S/C13H13N5O/c14-9-6-8(10-3-4-16-7-17-10)12(18-13(9)15)11-2-1-5-19-11/h2-4,6-7H,1,5,14H2,(H2,15,18). The van der Waals surface area contributed by atoms with E-state index in [1.54, 1.807) is 18.3 Å². The van der Waals surface area contributed by atoms with Crippen molar-refractivity contribution >= 4 is 17.3 Å². The van der Waals surface area contributed by atoms with Crippen molar-refractivity contribution in [1.82, 2.24) is 15.0 Å². The molecule has 0 amide bonds. The van der Waals surface area contributed by atoms with E-state index in [1.807, 2.05) is 6.08 Å². The van der Waals surface area contributed by atoms with Crippen molar-refractivity contribution < 1.29 is 4.74 Å². The number of nitrogens with zero attached hydrogens (tertiary/aromatic N) is 3. The van der Waals surface area contributed by atoms with E-state index in [4.69, 9.17) is 16.2 Å². The van der Waals surface area contributed by atoms with E-state index in [9.17, 15) is 0 Å². The summed E-state index contributed by atoms with van der Waals surface area (Å²) in [5.41, 5.74) is 14.2. The van der Waals surface area contributed by atoms with Gasteiger partial charge in [0.05, 0.1) is 18.0 Å². The topological polar surface area (TPSA) is 99.9 Å². The van der Waals surface area contributed by atoms with E-state index < -0.39 is 0 Å². The van der Waals surface area contributed by atoms with E-state index in [0.717, 1.165) is 23.4 Å². The Morgan fingerprint density at radius 2 is 2.16 bits per heavy atom. The molecule has 3 rings (SSSR count). The molecule has 96 valence electrons. The first-order chi connectivity index (χ1) is 9.25. The van der Waals surface area contributed by atoms with Gasteiger partial charge >= 0.3 is 0 Å². The molecular formula is C13H13N5O. The van der Waals surface area contributed by atoms with E-state index in [-0.39, 0.29) is 0 Å². The van der Waals surface area contributed by atoms with Gasteiger partial charge < -0.3 is 16.2 Å². The maximum atomic E-state index is 5.83. The summed E-state index contributed by atoms with van der Waals surface area (Å²) in [6.07, 6.45) is 6.01. The first-order valence-electron chi connectivity index (χ1n) is 5.91.